The third-order valence-electron chi connectivity index (χ3n) is 7.83. The van der Waals surface area contributed by atoms with Gasteiger partial charge in [0.15, 0.2) is 0 Å². The number of allylic oxidation sites excluding steroid dienone is 3. The number of carbonyl (C=O) groups excluding carboxylic acids is 1. The normalized spacial score (nSPS) is 20.2. The van der Waals surface area contributed by atoms with E-state index in [4.69, 9.17) is 0 Å². The van der Waals surface area contributed by atoms with E-state index in [1.807, 2.05) is 39.4 Å². The van der Waals surface area contributed by atoms with E-state index in [1.54, 1.807) is 4.68 Å². The SMILES string of the molecule is Cc1cc(C)c(CNC(=O)C2C=C(c3cnn(C)c3)C=C(N(C)C3CCCCC3)C2(C)C)c(=O)[nH]1. The zero-order chi connectivity index (χ0) is 25.3. The van der Waals surface area contributed by atoms with Crippen molar-refractivity contribution in [2.45, 2.75) is 72.4 Å². The summed E-state index contributed by atoms with van der Waals surface area (Å²) in [5, 5.41) is 7.43. The molecule has 1 unspecified atom stereocenters. The average Bonchev–Trinajstić information content (AvgIpc) is 3.24. The third kappa shape index (κ3) is 5.14. The zero-order valence-electron chi connectivity index (χ0n) is 21.9. The lowest BCUT2D eigenvalue weighted by molar-refractivity contribution is -0.126. The van der Waals surface area contributed by atoms with Gasteiger partial charge in [0.25, 0.3) is 5.56 Å². The molecule has 0 spiro atoms. The Hall–Kier alpha value is -3.09. The van der Waals surface area contributed by atoms with Gasteiger partial charge in [-0.15, -0.1) is 0 Å². The molecule has 35 heavy (non-hydrogen) atoms. The average molecular weight is 478 g/mol. The van der Waals surface area contributed by atoms with Crippen molar-refractivity contribution in [3.8, 4) is 0 Å². The summed E-state index contributed by atoms with van der Waals surface area (Å²) < 4.78 is 1.79. The van der Waals surface area contributed by atoms with Crippen molar-refractivity contribution >= 4 is 11.5 Å². The zero-order valence-corrected chi connectivity index (χ0v) is 21.9. The van der Waals surface area contributed by atoms with Crippen LogP contribution in [0.2, 0.25) is 0 Å². The fourth-order valence-corrected chi connectivity index (χ4v) is 5.69. The summed E-state index contributed by atoms with van der Waals surface area (Å²) in [7, 11) is 4.08. The first-order valence-corrected chi connectivity index (χ1v) is 12.7. The number of hydrogen-bond donors (Lipinski definition) is 2. The summed E-state index contributed by atoms with van der Waals surface area (Å²) in [5.74, 6) is -0.452. The Morgan fingerprint density at radius 3 is 2.60 bits per heavy atom. The molecule has 1 atom stereocenters. The fourth-order valence-electron chi connectivity index (χ4n) is 5.69. The minimum atomic E-state index is -0.406. The number of aryl methyl sites for hydroxylation is 3. The first kappa shape index (κ1) is 25.0. The molecule has 0 aromatic carbocycles. The van der Waals surface area contributed by atoms with E-state index in [-0.39, 0.29) is 23.9 Å². The number of nitrogens with zero attached hydrogens (tertiary/aromatic N) is 3. The van der Waals surface area contributed by atoms with Gasteiger partial charge >= 0.3 is 0 Å². The standard InChI is InChI=1S/C28H39N5O2/c1-18-12-19(2)31-26(34)23(18)16-29-27(35)24-13-20(21-15-30-32(5)17-21)14-25(28(24,3)4)33(6)22-10-8-7-9-11-22/h12-15,17,22,24H,7-11,16H2,1-6H3,(H,29,35)(H,31,34). The van der Waals surface area contributed by atoms with Crippen LogP contribution in [-0.4, -0.2) is 38.7 Å². The molecule has 0 bridgehead atoms. The smallest absolute Gasteiger partial charge is 0.253 e. The number of aromatic amines is 1. The lowest BCUT2D eigenvalue weighted by Crippen LogP contribution is -2.46. The quantitative estimate of drug-likeness (QED) is 0.652. The number of pyridine rings is 1. The molecule has 2 aliphatic rings. The van der Waals surface area contributed by atoms with Gasteiger partial charge in [0.2, 0.25) is 5.91 Å². The summed E-state index contributed by atoms with van der Waals surface area (Å²) in [4.78, 5) is 31.4. The van der Waals surface area contributed by atoms with E-state index in [1.165, 1.54) is 37.8 Å². The van der Waals surface area contributed by atoms with Crippen molar-refractivity contribution in [2.75, 3.05) is 7.05 Å². The second-order valence-electron chi connectivity index (χ2n) is 10.8. The highest BCUT2D eigenvalue weighted by molar-refractivity contribution is 5.87. The van der Waals surface area contributed by atoms with Gasteiger partial charge in [0.1, 0.15) is 0 Å². The van der Waals surface area contributed by atoms with Crippen LogP contribution in [-0.2, 0) is 18.4 Å². The number of amides is 1. The lowest BCUT2D eigenvalue weighted by atomic mass is 9.70. The molecule has 7 heteroatoms. The molecule has 2 heterocycles. The van der Waals surface area contributed by atoms with Crippen LogP contribution in [0.15, 0.2) is 41.1 Å². The van der Waals surface area contributed by atoms with Gasteiger partial charge in [-0.05, 0) is 50.0 Å². The van der Waals surface area contributed by atoms with E-state index in [2.05, 4.69) is 53.3 Å². The molecule has 2 aromatic heterocycles. The van der Waals surface area contributed by atoms with Crippen LogP contribution in [0.5, 0.6) is 0 Å². The summed E-state index contributed by atoms with van der Waals surface area (Å²) >= 11 is 0. The molecule has 0 radical (unpaired) electrons. The topological polar surface area (TPSA) is 83.0 Å². The molecule has 7 nitrogen and oxygen atoms in total. The molecule has 188 valence electrons. The maximum absolute atomic E-state index is 13.7. The molecule has 1 fully saturated rings. The minimum Gasteiger partial charge on any atom is -0.374 e. The number of nitrogens with one attached hydrogen (secondary N) is 2. The van der Waals surface area contributed by atoms with Crippen LogP contribution in [0.1, 0.15) is 68.3 Å². The summed E-state index contributed by atoms with van der Waals surface area (Å²) in [5.41, 5.74) is 4.95. The predicted octanol–water partition coefficient (Wildman–Crippen LogP) is 4.23. The maximum atomic E-state index is 13.7. The first-order valence-electron chi connectivity index (χ1n) is 12.7. The molecule has 2 aromatic rings. The highest BCUT2D eigenvalue weighted by atomic mass is 16.2. The van der Waals surface area contributed by atoms with Gasteiger partial charge in [-0.3, -0.25) is 14.3 Å². The molecule has 1 saturated carbocycles. The molecule has 2 N–H and O–H groups in total. The predicted molar refractivity (Wildman–Crippen MR) is 140 cm³/mol. The van der Waals surface area contributed by atoms with Gasteiger partial charge < -0.3 is 15.2 Å². The van der Waals surface area contributed by atoms with Crippen molar-refractivity contribution in [3.63, 3.8) is 0 Å². The Morgan fingerprint density at radius 1 is 1.26 bits per heavy atom. The van der Waals surface area contributed by atoms with Crippen LogP contribution in [0.25, 0.3) is 5.57 Å². The van der Waals surface area contributed by atoms with E-state index in [0.29, 0.717) is 11.6 Å². The van der Waals surface area contributed by atoms with Gasteiger partial charge in [-0.25, -0.2) is 0 Å². The number of hydrogen-bond acceptors (Lipinski definition) is 4. The van der Waals surface area contributed by atoms with Crippen LogP contribution >= 0.6 is 0 Å². The van der Waals surface area contributed by atoms with E-state index in [9.17, 15) is 9.59 Å². The van der Waals surface area contributed by atoms with Gasteiger partial charge in [0.05, 0.1) is 12.1 Å². The van der Waals surface area contributed by atoms with Gasteiger partial charge in [-0.1, -0.05) is 39.2 Å². The largest absolute Gasteiger partial charge is 0.374 e. The van der Waals surface area contributed by atoms with Crippen molar-refractivity contribution in [3.05, 3.63) is 69.0 Å². The maximum Gasteiger partial charge on any atom is 0.253 e. The Labute approximate surface area is 208 Å². The van der Waals surface area contributed by atoms with Crippen LogP contribution in [0.3, 0.4) is 0 Å². The second kappa shape index (κ2) is 9.88. The molecule has 2 aliphatic carbocycles. The number of rotatable bonds is 6. The molecular weight excluding hydrogens is 438 g/mol. The lowest BCUT2D eigenvalue weighted by Gasteiger charge is -2.45. The molecule has 4 rings (SSSR count). The Morgan fingerprint density at radius 2 is 1.97 bits per heavy atom. The Balaban J connectivity index is 1.65. The third-order valence-corrected chi connectivity index (χ3v) is 7.83. The van der Waals surface area contributed by atoms with E-state index in [0.717, 1.165) is 22.4 Å². The van der Waals surface area contributed by atoms with E-state index >= 15 is 0 Å². The van der Waals surface area contributed by atoms with Gasteiger partial charge in [0, 0.05) is 60.8 Å². The summed E-state index contributed by atoms with van der Waals surface area (Å²) in [6, 6.07) is 2.42. The fraction of sp³-hybridized carbons (Fsp3) is 0.536. The van der Waals surface area contributed by atoms with Crippen LogP contribution in [0.4, 0.5) is 0 Å². The minimum absolute atomic E-state index is 0.0709. The second-order valence-corrected chi connectivity index (χ2v) is 10.8. The van der Waals surface area contributed by atoms with Crippen molar-refractivity contribution in [1.82, 2.24) is 25.0 Å². The first-order chi connectivity index (χ1) is 16.6. The number of carbonyl (C=O) groups is 1. The van der Waals surface area contributed by atoms with Crippen molar-refractivity contribution < 1.29 is 4.79 Å². The van der Waals surface area contributed by atoms with Crippen molar-refractivity contribution in [2.24, 2.45) is 18.4 Å². The number of aromatic nitrogens is 3. The van der Waals surface area contributed by atoms with Gasteiger partial charge in [-0.2, -0.15) is 5.10 Å². The molecular formula is C28H39N5O2. The highest BCUT2D eigenvalue weighted by Crippen LogP contribution is 2.45. The monoisotopic (exact) mass is 477 g/mol. The highest BCUT2D eigenvalue weighted by Gasteiger charge is 2.42. The summed E-state index contributed by atoms with van der Waals surface area (Å²) in [6.07, 6.45) is 14.3. The van der Waals surface area contributed by atoms with Crippen LogP contribution in [0, 0.1) is 25.2 Å². The Kier molecular flexibility index (Phi) is 7.06. The number of H-pyrrole nitrogens is 1. The van der Waals surface area contributed by atoms with E-state index < -0.39 is 5.41 Å². The molecule has 0 saturated heterocycles. The molecule has 1 amide bonds. The van der Waals surface area contributed by atoms with Crippen molar-refractivity contribution in [1.29, 1.82) is 0 Å². The summed E-state index contributed by atoms with van der Waals surface area (Å²) in [6.45, 7) is 8.30. The molecule has 0 aliphatic heterocycles. The van der Waals surface area contributed by atoms with Crippen LogP contribution < -0.4 is 10.9 Å². The Bertz CT molecular complexity index is 1210.